The standard InChI is InChI=1S/C18H15NO2/c20-17-14-9-3-4-10-15(14)18(21)19(17)16-11-5-7-12-6-1-2-8-13(12)16/h1-4,6,8-10,16H,5,7,11H2. The van der Waals surface area contributed by atoms with Crippen LogP contribution in [0.15, 0.2) is 48.5 Å². The van der Waals surface area contributed by atoms with E-state index in [-0.39, 0.29) is 17.9 Å². The second-order valence-corrected chi connectivity index (χ2v) is 5.63. The summed E-state index contributed by atoms with van der Waals surface area (Å²) in [5.74, 6) is -0.311. The largest absolute Gasteiger partial charge is 0.269 e. The fourth-order valence-electron chi connectivity index (χ4n) is 3.49. The minimum atomic E-state index is -0.155. The van der Waals surface area contributed by atoms with E-state index in [0.717, 1.165) is 24.8 Å². The molecule has 0 bridgehead atoms. The first-order valence-corrected chi connectivity index (χ1v) is 7.32. The molecule has 0 radical (unpaired) electrons. The Morgan fingerprint density at radius 1 is 0.857 bits per heavy atom. The second kappa shape index (κ2) is 4.55. The predicted molar refractivity (Wildman–Crippen MR) is 79.1 cm³/mol. The van der Waals surface area contributed by atoms with Gasteiger partial charge < -0.3 is 0 Å². The maximum atomic E-state index is 12.6. The van der Waals surface area contributed by atoms with Crippen molar-refractivity contribution in [3.63, 3.8) is 0 Å². The molecule has 0 saturated carbocycles. The fourth-order valence-corrected chi connectivity index (χ4v) is 3.49. The average Bonchev–Trinajstić information content (AvgIpc) is 2.79. The number of fused-ring (bicyclic) bond motifs is 2. The van der Waals surface area contributed by atoms with E-state index in [1.165, 1.54) is 10.5 Å². The summed E-state index contributed by atoms with van der Waals surface area (Å²) in [6.07, 6.45) is 2.88. The molecule has 21 heavy (non-hydrogen) atoms. The molecule has 1 aliphatic carbocycles. The zero-order chi connectivity index (χ0) is 14.4. The number of rotatable bonds is 1. The number of benzene rings is 2. The van der Waals surface area contributed by atoms with Gasteiger partial charge in [-0.2, -0.15) is 0 Å². The first-order valence-electron chi connectivity index (χ1n) is 7.32. The molecule has 4 rings (SSSR count). The van der Waals surface area contributed by atoms with Crippen LogP contribution in [0, 0.1) is 0 Å². The van der Waals surface area contributed by atoms with Crippen molar-refractivity contribution in [2.45, 2.75) is 25.3 Å². The molecule has 2 aromatic rings. The highest BCUT2D eigenvalue weighted by molar-refractivity contribution is 6.21. The molecule has 0 N–H and O–H groups in total. The Bertz CT molecular complexity index is 715. The van der Waals surface area contributed by atoms with Gasteiger partial charge in [-0.1, -0.05) is 36.4 Å². The van der Waals surface area contributed by atoms with Gasteiger partial charge in [-0.25, -0.2) is 0 Å². The van der Waals surface area contributed by atoms with Crippen LogP contribution in [0.4, 0.5) is 0 Å². The molecule has 1 atom stereocenters. The minimum Gasteiger partial charge on any atom is -0.269 e. The van der Waals surface area contributed by atoms with Gasteiger partial charge in [-0.3, -0.25) is 14.5 Å². The van der Waals surface area contributed by atoms with Crippen molar-refractivity contribution < 1.29 is 9.59 Å². The Kier molecular flexibility index (Phi) is 2.67. The number of hydrogen-bond donors (Lipinski definition) is 0. The lowest BCUT2D eigenvalue weighted by Crippen LogP contribution is -2.35. The van der Waals surface area contributed by atoms with Crippen molar-refractivity contribution in [3.8, 4) is 0 Å². The van der Waals surface area contributed by atoms with Crippen molar-refractivity contribution >= 4 is 11.8 Å². The summed E-state index contributed by atoms with van der Waals surface area (Å²) in [7, 11) is 0. The van der Waals surface area contributed by atoms with E-state index in [0.29, 0.717) is 11.1 Å². The Balaban J connectivity index is 1.80. The molecule has 1 heterocycles. The predicted octanol–water partition coefficient (Wildman–Crippen LogP) is 3.36. The minimum absolute atomic E-state index is 0.123. The van der Waals surface area contributed by atoms with E-state index < -0.39 is 0 Å². The van der Waals surface area contributed by atoms with Crippen molar-refractivity contribution in [2.24, 2.45) is 0 Å². The molecule has 104 valence electrons. The van der Waals surface area contributed by atoms with E-state index in [4.69, 9.17) is 0 Å². The maximum Gasteiger partial charge on any atom is 0.262 e. The molecule has 0 saturated heterocycles. The second-order valence-electron chi connectivity index (χ2n) is 5.63. The van der Waals surface area contributed by atoms with Crippen LogP contribution in [-0.2, 0) is 6.42 Å². The van der Waals surface area contributed by atoms with E-state index in [2.05, 4.69) is 6.07 Å². The van der Waals surface area contributed by atoms with Crippen LogP contribution in [0.3, 0.4) is 0 Å². The summed E-state index contributed by atoms with van der Waals surface area (Å²) in [5.41, 5.74) is 3.44. The lowest BCUT2D eigenvalue weighted by molar-refractivity contribution is 0.0566. The Morgan fingerprint density at radius 3 is 2.19 bits per heavy atom. The molecular weight excluding hydrogens is 262 g/mol. The van der Waals surface area contributed by atoms with Gasteiger partial charge in [0.1, 0.15) is 0 Å². The van der Waals surface area contributed by atoms with Crippen molar-refractivity contribution in [1.82, 2.24) is 4.90 Å². The summed E-state index contributed by atoms with van der Waals surface area (Å²) in [6, 6.07) is 15.1. The lowest BCUT2D eigenvalue weighted by atomic mass is 9.87. The van der Waals surface area contributed by atoms with Gasteiger partial charge in [-0.05, 0) is 42.5 Å². The highest BCUT2D eigenvalue weighted by Crippen LogP contribution is 2.38. The Morgan fingerprint density at radius 2 is 1.48 bits per heavy atom. The van der Waals surface area contributed by atoms with E-state index in [1.807, 2.05) is 30.3 Å². The number of imide groups is 1. The van der Waals surface area contributed by atoms with Gasteiger partial charge >= 0.3 is 0 Å². The monoisotopic (exact) mass is 277 g/mol. The third-order valence-electron chi connectivity index (χ3n) is 4.47. The van der Waals surface area contributed by atoms with E-state index >= 15 is 0 Å². The summed E-state index contributed by atoms with van der Waals surface area (Å²) in [5, 5.41) is 0. The average molecular weight is 277 g/mol. The maximum absolute atomic E-state index is 12.6. The summed E-state index contributed by atoms with van der Waals surface area (Å²) in [4.78, 5) is 26.7. The van der Waals surface area contributed by atoms with Gasteiger partial charge in [0.2, 0.25) is 0 Å². The third-order valence-corrected chi connectivity index (χ3v) is 4.47. The number of aryl methyl sites for hydroxylation is 1. The summed E-state index contributed by atoms with van der Waals surface area (Å²) < 4.78 is 0. The van der Waals surface area contributed by atoms with Crippen molar-refractivity contribution in [1.29, 1.82) is 0 Å². The molecule has 0 spiro atoms. The van der Waals surface area contributed by atoms with Crippen LogP contribution in [0.1, 0.15) is 50.7 Å². The zero-order valence-electron chi connectivity index (χ0n) is 11.6. The topological polar surface area (TPSA) is 37.4 Å². The number of carbonyl (C=O) groups excluding carboxylic acids is 2. The third kappa shape index (κ3) is 1.74. The summed E-state index contributed by atoms with van der Waals surface area (Å²) >= 11 is 0. The highest BCUT2D eigenvalue weighted by Gasteiger charge is 2.41. The van der Waals surface area contributed by atoms with Gasteiger partial charge in [-0.15, -0.1) is 0 Å². The summed E-state index contributed by atoms with van der Waals surface area (Å²) in [6.45, 7) is 0. The molecule has 2 aromatic carbocycles. The Hall–Kier alpha value is -2.42. The molecule has 3 nitrogen and oxygen atoms in total. The molecular formula is C18H15NO2. The molecule has 2 amide bonds. The molecule has 2 aliphatic rings. The molecule has 1 aliphatic heterocycles. The number of nitrogens with zero attached hydrogens (tertiary/aromatic N) is 1. The van der Waals surface area contributed by atoms with Crippen molar-refractivity contribution in [3.05, 3.63) is 70.8 Å². The normalized spacial score (nSPS) is 20.4. The molecule has 3 heteroatoms. The van der Waals surface area contributed by atoms with Gasteiger partial charge in [0.05, 0.1) is 17.2 Å². The van der Waals surface area contributed by atoms with Crippen LogP contribution in [0.5, 0.6) is 0 Å². The van der Waals surface area contributed by atoms with Gasteiger partial charge in [0, 0.05) is 0 Å². The van der Waals surface area contributed by atoms with Crippen molar-refractivity contribution in [2.75, 3.05) is 0 Å². The van der Waals surface area contributed by atoms with Crippen LogP contribution in [0.25, 0.3) is 0 Å². The van der Waals surface area contributed by atoms with Gasteiger partial charge in [0.15, 0.2) is 0 Å². The lowest BCUT2D eigenvalue weighted by Gasteiger charge is -2.31. The number of carbonyl (C=O) groups is 2. The molecule has 0 fully saturated rings. The van der Waals surface area contributed by atoms with E-state index in [1.54, 1.807) is 12.1 Å². The smallest absolute Gasteiger partial charge is 0.262 e. The van der Waals surface area contributed by atoms with Crippen LogP contribution >= 0.6 is 0 Å². The number of amides is 2. The van der Waals surface area contributed by atoms with Gasteiger partial charge in [0.25, 0.3) is 11.8 Å². The zero-order valence-corrected chi connectivity index (χ0v) is 11.6. The van der Waals surface area contributed by atoms with Crippen LogP contribution < -0.4 is 0 Å². The van der Waals surface area contributed by atoms with Crippen LogP contribution in [-0.4, -0.2) is 16.7 Å². The highest BCUT2D eigenvalue weighted by atomic mass is 16.2. The Labute approximate surface area is 123 Å². The number of hydrogen-bond acceptors (Lipinski definition) is 2. The quantitative estimate of drug-likeness (QED) is 0.749. The molecule has 1 unspecified atom stereocenters. The van der Waals surface area contributed by atoms with E-state index in [9.17, 15) is 9.59 Å². The molecule has 0 aromatic heterocycles. The first-order chi connectivity index (χ1) is 10.3. The van der Waals surface area contributed by atoms with Crippen LogP contribution in [0.2, 0.25) is 0 Å². The fraction of sp³-hybridized carbons (Fsp3) is 0.222. The SMILES string of the molecule is O=C1c2ccccc2C(=O)N1C1CCCc2ccccc21. The first kappa shape index (κ1) is 12.3.